The van der Waals surface area contributed by atoms with Gasteiger partial charge < -0.3 is 9.88 Å². The highest BCUT2D eigenvalue weighted by Crippen LogP contribution is 2.37. The summed E-state index contributed by atoms with van der Waals surface area (Å²) in [6.45, 7) is 3.50. The molecule has 2 unspecified atom stereocenters. The number of hydrogen-bond acceptors (Lipinski definition) is 2. The Bertz CT molecular complexity index is 713. The van der Waals surface area contributed by atoms with Crippen molar-refractivity contribution in [2.75, 3.05) is 13.1 Å². The molecule has 28 heavy (non-hydrogen) atoms. The number of unbranched alkanes of at least 4 members (excludes halogenated alkanes) is 7. The molecule has 2 atom stereocenters. The fourth-order valence-electron chi connectivity index (χ4n) is 4.27. The summed E-state index contributed by atoms with van der Waals surface area (Å²) >= 11 is 0. The third kappa shape index (κ3) is 5.12. The van der Waals surface area contributed by atoms with Crippen molar-refractivity contribution < 1.29 is 8.78 Å². The number of hydrogen-bond donors (Lipinski definition) is 2. The van der Waals surface area contributed by atoms with E-state index in [9.17, 15) is 0 Å². The third-order valence-electron chi connectivity index (χ3n) is 5.93. The molecular weight excluding hydrogens is 356 g/mol. The zero-order valence-corrected chi connectivity index (χ0v) is 17.1. The number of para-hydroxylation sites is 1. The Morgan fingerprint density at radius 3 is 2.54 bits per heavy atom. The van der Waals surface area contributed by atoms with Crippen molar-refractivity contribution in [2.24, 2.45) is 0 Å². The van der Waals surface area contributed by atoms with E-state index in [0.29, 0.717) is 19.5 Å². The van der Waals surface area contributed by atoms with Crippen molar-refractivity contribution in [3.63, 3.8) is 0 Å². The van der Waals surface area contributed by atoms with Gasteiger partial charge in [-0.15, -0.1) is 0 Å². The smallest absolute Gasteiger partial charge is 0.296 e. The van der Waals surface area contributed by atoms with Crippen LogP contribution in [0.5, 0.6) is 0 Å². The molecule has 0 spiro atoms. The fraction of sp³-hybridized carbons (Fsp3) is 0.652. The van der Waals surface area contributed by atoms with Gasteiger partial charge in [-0.2, -0.15) is 0 Å². The van der Waals surface area contributed by atoms with E-state index in [4.69, 9.17) is 0 Å². The molecule has 0 amide bonds. The van der Waals surface area contributed by atoms with Crippen LogP contribution in [-0.4, -0.2) is 29.6 Å². The van der Waals surface area contributed by atoms with Gasteiger partial charge in [-0.25, -0.2) is 8.78 Å². The molecule has 0 radical (unpaired) electrons. The molecule has 1 aliphatic rings. The minimum atomic E-state index is -2.83. The number of benzene rings is 1. The van der Waals surface area contributed by atoms with E-state index < -0.39 is 18.1 Å². The lowest BCUT2D eigenvalue weighted by atomic mass is 9.98. The molecule has 5 heteroatoms. The fourth-order valence-corrected chi connectivity index (χ4v) is 4.27. The predicted molar refractivity (Wildman–Crippen MR) is 113 cm³/mol. The zero-order chi connectivity index (χ0) is 19.8. The first-order chi connectivity index (χ1) is 13.6. The Balaban J connectivity index is 1.48. The topological polar surface area (TPSA) is 29.0 Å². The van der Waals surface area contributed by atoms with Crippen LogP contribution in [0.15, 0.2) is 36.5 Å². The Kier molecular flexibility index (Phi) is 7.86. The Morgan fingerprint density at radius 2 is 1.75 bits per heavy atom. The largest absolute Gasteiger partial charge is 0.326 e. The first-order valence-corrected chi connectivity index (χ1v) is 11.0. The molecule has 2 heterocycles. The lowest BCUT2D eigenvalue weighted by Gasteiger charge is -2.40. The number of piperidine rings is 1. The molecule has 2 aromatic rings. The number of halogens is 2. The molecule has 1 aromatic heterocycles. The van der Waals surface area contributed by atoms with Crippen LogP contribution in [0.3, 0.4) is 0 Å². The first-order valence-electron chi connectivity index (χ1n) is 11.0. The lowest BCUT2D eigenvalue weighted by molar-refractivity contribution is -0.110. The summed E-state index contributed by atoms with van der Waals surface area (Å²) in [7, 11) is 0. The summed E-state index contributed by atoms with van der Waals surface area (Å²) in [5.74, 6) is -2.83. The second-order valence-corrected chi connectivity index (χ2v) is 8.08. The van der Waals surface area contributed by atoms with Gasteiger partial charge in [-0.1, -0.05) is 70.1 Å². The summed E-state index contributed by atoms with van der Waals surface area (Å²) in [4.78, 5) is 0. The molecule has 3 rings (SSSR count). The Hall–Kier alpha value is -1.46. The highest BCUT2D eigenvalue weighted by molar-refractivity contribution is 5.80. The lowest BCUT2D eigenvalue weighted by Crippen LogP contribution is -2.59. The molecule has 0 aliphatic carbocycles. The van der Waals surface area contributed by atoms with Crippen molar-refractivity contribution in [3.05, 3.63) is 36.5 Å². The van der Waals surface area contributed by atoms with Crippen molar-refractivity contribution >= 4 is 10.9 Å². The number of fused-ring (bicyclic) bond motifs is 1. The minimum Gasteiger partial charge on any atom is -0.326 e. The summed E-state index contributed by atoms with van der Waals surface area (Å²) in [6, 6.07) is 8.84. The van der Waals surface area contributed by atoms with Gasteiger partial charge in [-0.05, 0) is 43.5 Å². The van der Waals surface area contributed by atoms with Crippen LogP contribution < -0.4 is 10.6 Å². The van der Waals surface area contributed by atoms with Gasteiger partial charge in [0.05, 0.1) is 6.04 Å². The first kappa shape index (κ1) is 21.3. The maximum Gasteiger partial charge on any atom is 0.296 e. The van der Waals surface area contributed by atoms with Crippen LogP contribution in [-0.2, 0) is 0 Å². The maximum atomic E-state index is 15.2. The van der Waals surface area contributed by atoms with Gasteiger partial charge in [0.15, 0.2) is 6.17 Å². The third-order valence-corrected chi connectivity index (χ3v) is 5.93. The van der Waals surface area contributed by atoms with Gasteiger partial charge in [-0.3, -0.25) is 5.32 Å². The Morgan fingerprint density at radius 1 is 1.04 bits per heavy atom. The van der Waals surface area contributed by atoms with Crippen molar-refractivity contribution in [1.82, 2.24) is 15.2 Å². The number of rotatable bonds is 11. The summed E-state index contributed by atoms with van der Waals surface area (Å²) < 4.78 is 32.1. The van der Waals surface area contributed by atoms with E-state index in [1.54, 1.807) is 10.8 Å². The second-order valence-electron chi connectivity index (χ2n) is 8.08. The predicted octanol–water partition coefficient (Wildman–Crippen LogP) is 5.87. The number of alkyl halides is 2. The van der Waals surface area contributed by atoms with Crippen LogP contribution in [0.25, 0.3) is 10.9 Å². The molecule has 3 nitrogen and oxygen atoms in total. The minimum absolute atomic E-state index is 0.458. The molecule has 1 fully saturated rings. The highest BCUT2D eigenvalue weighted by atomic mass is 19.3. The molecular formula is C23H35F2N3. The monoisotopic (exact) mass is 391 g/mol. The van der Waals surface area contributed by atoms with E-state index >= 15 is 8.78 Å². The van der Waals surface area contributed by atoms with E-state index in [1.165, 1.54) is 38.5 Å². The van der Waals surface area contributed by atoms with Crippen LogP contribution in [0.2, 0.25) is 0 Å². The SMILES string of the molecule is CCCCCCCCCCNC1CCNC(n2ccc3ccccc32)C1(F)F. The van der Waals surface area contributed by atoms with Crippen LogP contribution in [0, 0.1) is 0 Å². The van der Waals surface area contributed by atoms with Gasteiger partial charge in [0, 0.05) is 11.7 Å². The molecule has 1 saturated heterocycles. The normalized spacial score (nSPS) is 22.0. The number of aromatic nitrogens is 1. The molecule has 0 bridgehead atoms. The van der Waals surface area contributed by atoms with Crippen LogP contribution >= 0.6 is 0 Å². The molecule has 0 saturated carbocycles. The van der Waals surface area contributed by atoms with Crippen molar-refractivity contribution in [2.45, 2.75) is 82.8 Å². The van der Waals surface area contributed by atoms with Crippen molar-refractivity contribution in [1.29, 1.82) is 0 Å². The van der Waals surface area contributed by atoms with Gasteiger partial charge >= 0.3 is 0 Å². The van der Waals surface area contributed by atoms with Gasteiger partial charge in [0.1, 0.15) is 0 Å². The maximum absolute atomic E-state index is 15.2. The molecule has 1 aromatic carbocycles. The highest BCUT2D eigenvalue weighted by Gasteiger charge is 2.50. The molecule has 156 valence electrons. The second kappa shape index (κ2) is 10.4. The van der Waals surface area contributed by atoms with Gasteiger partial charge in [0.25, 0.3) is 5.92 Å². The van der Waals surface area contributed by atoms with E-state index in [-0.39, 0.29) is 0 Å². The molecule has 2 N–H and O–H groups in total. The standard InChI is InChI=1S/C23H35F2N3/c1-2-3-4-5-6-7-8-11-16-26-21-14-17-27-22(23(21,24)25)28-18-15-19-12-9-10-13-20(19)28/h9-10,12-13,15,18,21-22,26-27H,2-8,11,14,16-17H2,1H3. The van der Waals surface area contributed by atoms with Gasteiger partial charge in [0.2, 0.25) is 0 Å². The molecule has 1 aliphatic heterocycles. The summed E-state index contributed by atoms with van der Waals surface area (Å²) in [6.07, 6.45) is 11.0. The van der Waals surface area contributed by atoms with Crippen LogP contribution in [0.1, 0.15) is 70.9 Å². The quantitative estimate of drug-likeness (QED) is 0.469. The number of nitrogens with zero attached hydrogens (tertiary/aromatic N) is 1. The summed E-state index contributed by atoms with van der Waals surface area (Å²) in [5, 5.41) is 7.20. The van der Waals surface area contributed by atoms with Crippen molar-refractivity contribution in [3.8, 4) is 0 Å². The van der Waals surface area contributed by atoms with E-state index in [1.807, 2.05) is 30.3 Å². The van der Waals surface area contributed by atoms with E-state index in [2.05, 4.69) is 17.6 Å². The average Bonchev–Trinajstić information content (AvgIpc) is 3.11. The average molecular weight is 392 g/mol. The number of nitrogens with one attached hydrogen (secondary N) is 2. The van der Waals surface area contributed by atoms with E-state index in [0.717, 1.165) is 23.7 Å². The zero-order valence-electron chi connectivity index (χ0n) is 17.1. The van der Waals surface area contributed by atoms with Crippen LogP contribution in [0.4, 0.5) is 8.78 Å². The summed E-state index contributed by atoms with van der Waals surface area (Å²) in [5.41, 5.74) is 0.850. The Labute approximate surface area is 167 Å².